The first-order valence-corrected chi connectivity index (χ1v) is 18.4. The van der Waals surface area contributed by atoms with Gasteiger partial charge in [0.25, 0.3) is 11.8 Å². The number of halogens is 2. The molecule has 6 heterocycles. The number of rotatable bonds is 11. The zero-order chi connectivity index (χ0) is 36.7. The van der Waals surface area contributed by atoms with Crippen molar-refractivity contribution >= 4 is 96.7 Å². The molecule has 0 spiro atoms. The zero-order valence-corrected chi connectivity index (χ0v) is 30.1. The largest absolute Gasteiger partial charge is 0.543 e. The number of carboxylic acids is 1. The number of thioether (sulfide) groups is 1. The summed E-state index contributed by atoms with van der Waals surface area (Å²) in [5.41, 5.74) is 14.0. The molecule has 1 fully saturated rings. The molecule has 1 aromatic carbocycles. The van der Waals surface area contributed by atoms with Crippen molar-refractivity contribution in [3.05, 3.63) is 98.6 Å². The Morgan fingerprint density at radius 3 is 2.81 bits per heavy atom. The summed E-state index contributed by atoms with van der Waals surface area (Å²) in [6, 6.07) is 7.25. The van der Waals surface area contributed by atoms with Gasteiger partial charge in [-0.3, -0.25) is 14.5 Å². The van der Waals surface area contributed by atoms with E-state index in [4.69, 9.17) is 27.9 Å². The van der Waals surface area contributed by atoms with Crippen LogP contribution >= 0.6 is 46.0 Å². The van der Waals surface area contributed by atoms with Crippen LogP contribution in [0.5, 0.6) is 0 Å². The summed E-state index contributed by atoms with van der Waals surface area (Å²) >= 11 is 10.2. The van der Waals surface area contributed by atoms with E-state index >= 15 is 4.39 Å². The van der Waals surface area contributed by atoms with Crippen LogP contribution in [0.1, 0.15) is 16.8 Å². The highest BCUT2D eigenvalue weighted by Crippen LogP contribution is 2.40. The molecule has 7 rings (SSSR count). The highest BCUT2D eigenvalue weighted by atomic mass is 35.5. The number of thiazole rings is 2. The van der Waals surface area contributed by atoms with Crippen molar-refractivity contribution in [2.75, 3.05) is 18.6 Å². The monoisotopic (exact) mass is 780 g/mol. The number of carboxylic acid groups (broad SMARTS) is 1. The maximum atomic E-state index is 15.4. The molecule has 5 N–H and O–H groups in total. The third kappa shape index (κ3) is 6.58. The fourth-order valence-electron chi connectivity index (χ4n) is 5.90. The van der Waals surface area contributed by atoms with Crippen LogP contribution in [-0.2, 0) is 32.3 Å². The van der Waals surface area contributed by atoms with Crippen molar-refractivity contribution in [3.63, 3.8) is 0 Å². The lowest BCUT2D eigenvalue weighted by Gasteiger charge is -2.50. The second kappa shape index (κ2) is 14.3. The molecule has 2 aliphatic rings. The van der Waals surface area contributed by atoms with E-state index in [1.54, 1.807) is 36.1 Å². The number of hydrogen-bond donors (Lipinski definition) is 3. The van der Waals surface area contributed by atoms with Gasteiger partial charge in [-0.15, -0.1) is 34.4 Å². The minimum atomic E-state index is -1.52. The van der Waals surface area contributed by atoms with Crippen LogP contribution < -0.4 is 26.5 Å². The van der Waals surface area contributed by atoms with Gasteiger partial charge in [0.15, 0.2) is 23.6 Å². The third-order valence-corrected chi connectivity index (χ3v) is 11.3. The molecular formula is C32H26ClFN10O5S3. The predicted octanol–water partition coefficient (Wildman–Crippen LogP) is 1.76. The summed E-state index contributed by atoms with van der Waals surface area (Å²) in [5.74, 6) is -3.12. The van der Waals surface area contributed by atoms with Crippen molar-refractivity contribution in [2.45, 2.75) is 24.5 Å². The lowest BCUT2D eigenvalue weighted by atomic mass is 10.0. The predicted molar refractivity (Wildman–Crippen MR) is 192 cm³/mol. The number of pyridine rings is 1. The number of aliphatic carboxylic acids is 1. The van der Waals surface area contributed by atoms with Crippen molar-refractivity contribution in [2.24, 2.45) is 15.9 Å². The number of aliphatic imine (C=N–C) groups is 1. The molecule has 266 valence electrons. The molecule has 0 bridgehead atoms. The summed E-state index contributed by atoms with van der Waals surface area (Å²) in [4.78, 5) is 57.2. The van der Waals surface area contributed by atoms with Crippen LogP contribution in [0.3, 0.4) is 0 Å². The number of nitrogens with two attached hydrogens (primary N) is 2. The molecule has 0 saturated carbocycles. The Kier molecular flexibility index (Phi) is 9.66. The second-order valence-corrected chi connectivity index (χ2v) is 14.6. The Bertz CT molecular complexity index is 2320. The Balaban J connectivity index is 1.10. The molecule has 1 saturated heterocycles. The van der Waals surface area contributed by atoms with Crippen molar-refractivity contribution in [3.8, 4) is 0 Å². The van der Waals surface area contributed by atoms with Gasteiger partial charge in [0.1, 0.15) is 41.4 Å². The van der Waals surface area contributed by atoms with Gasteiger partial charge in [-0.05, 0) is 18.2 Å². The zero-order valence-electron chi connectivity index (χ0n) is 26.9. The molecule has 15 nitrogen and oxygen atoms in total. The molecule has 5 aromatic rings. The summed E-state index contributed by atoms with van der Waals surface area (Å²) in [6.45, 7) is 0.206. The van der Waals surface area contributed by atoms with Crippen molar-refractivity contribution < 1.29 is 33.3 Å². The van der Waals surface area contributed by atoms with Gasteiger partial charge >= 0.3 is 0 Å². The first-order chi connectivity index (χ1) is 25.0. The number of amides is 2. The normalized spacial score (nSPS) is 17.7. The fourth-order valence-corrected chi connectivity index (χ4v) is 8.57. The van der Waals surface area contributed by atoms with Crippen LogP contribution in [0.4, 0.5) is 14.7 Å². The van der Waals surface area contributed by atoms with Gasteiger partial charge < -0.3 is 36.1 Å². The minimum Gasteiger partial charge on any atom is -0.543 e. The SMILES string of the molecule is CO/N=C(\C(=O)N[C@@H]1C(=O)N2C(C(=O)[O-])=C(C[n+]3cccc4c3ccn4Cc3c(F)cc(/C(N)=N/c4nccs4)cc3Cl)CS[C@H]12)c1csc(N)n1. The number of β-lactam (4-membered cyclic amide) rings is 1. The van der Waals surface area contributed by atoms with E-state index in [1.165, 1.54) is 41.7 Å². The van der Waals surface area contributed by atoms with Gasteiger partial charge in [0.05, 0.1) is 18.2 Å². The highest BCUT2D eigenvalue weighted by molar-refractivity contribution is 8.00. The van der Waals surface area contributed by atoms with E-state index in [0.717, 1.165) is 27.3 Å². The number of hydrogen-bond acceptors (Lipinski definition) is 13. The summed E-state index contributed by atoms with van der Waals surface area (Å²) in [5, 5.41) is 22.2. The first kappa shape index (κ1) is 35.1. The van der Waals surface area contributed by atoms with Gasteiger partial charge in [0.2, 0.25) is 10.6 Å². The highest BCUT2D eigenvalue weighted by Gasteiger charge is 2.53. The van der Waals surface area contributed by atoms with Crippen LogP contribution in [-0.4, -0.2) is 73.0 Å². The summed E-state index contributed by atoms with van der Waals surface area (Å²) < 4.78 is 19.1. The van der Waals surface area contributed by atoms with E-state index in [9.17, 15) is 19.5 Å². The van der Waals surface area contributed by atoms with E-state index in [1.807, 2.05) is 21.3 Å². The molecule has 2 amide bonds. The summed E-state index contributed by atoms with van der Waals surface area (Å²) in [6.07, 6.45) is 5.14. The number of fused-ring (bicyclic) bond motifs is 2. The Labute approximate surface area is 311 Å². The molecule has 2 aliphatic heterocycles. The van der Waals surface area contributed by atoms with Crippen LogP contribution in [0.25, 0.3) is 11.0 Å². The van der Waals surface area contributed by atoms with E-state index in [2.05, 4.69) is 25.4 Å². The molecule has 20 heteroatoms. The molecule has 52 heavy (non-hydrogen) atoms. The number of amidine groups is 1. The van der Waals surface area contributed by atoms with Crippen LogP contribution in [0.15, 0.2) is 81.1 Å². The van der Waals surface area contributed by atoms with Gasteiger partial charge in [-0.25, -0.2) is 19.4 Å². The maximum Gasteiger partial charge on any atom is 0.276 e. The lowest BCUT2D eigenvalue weighted by Crippen LogP contribution is -2.71. The number of aromatic nitrogens is 4. The van der Waals surface area contributed by atoms with Crippen molar-refractivity contribution in [1.29, 1.82) is 0 Å². The molecule has 0 aliphatic carbocycles. The number of carbonyl (C=O) groups is 3. The summed E-state index contributed by atoms with van der Waals surface area (Å²) in [7, 11) is 1.26. The van der Waals surface area contributed by atoms with Gasteiger partial charge in [-0.1, -0.05) is 16.8 Å². The van der Waals surface area contributed by atoms with Crippen LogP contribution in [0.2, 0.25) is 5.02 Å². The second-order valence-electron chi connectivity index (χ2n) is 11.4. The van der Waals surface area contributed by atoms with E-state index in [-0.39, 0.29) is 57.5 Å². The number of nitrogen functional groups attached to an aromatic ring is 1. The standard InChI is InChI=1S/C32H26ClFN10O5S3/c1-49-41-23(20-14-52-31(36)38-20)27(45)39-24-28(46)44-25(30(47)48)16(13-51-29(24)44)11-42-6-2-3-21-22(42)4-7-43(21)12-17-18(33)9-15(10-19(17)34)26(35)40-32-37-5-8-50-32/h2-10,14,24,29H,11-13H2,1H3,(H5-,35,36,37,38,39,40,45,47,48)/b41-23-/t24-,29-/m1/s1. The molecule has 0 unspecified atom stereocenters. The molecule has 4 aromatic heterocycles. The van der Waals surface area contributed by atoms with Gasteiger partial charge in [-0.2, -0.15) is 4.57 Å². The van der Waals surface area contributed by atoms with E-state index in [0.29, 0.717) is 16.3 Å². The fraction of sp³-hybridized carbons (Fsp3) is 0.188. The van der Waals surface area contributed by atoms with Gasteiger partial charge in [0, 0.05) is 62.8 Å². The molecule has 2 atom stereocenters. The molecule has 0 radical (unpaired) electrons. The number of carbonyl (C=O) groups excluding carboxylic acids is 3. The maximum absolute atomic E-state index is 15.4. The Morgan fingerprint density at radius 2 is 2.12 bits per heavy atom. The number of nitrogens with zero attached hydrogens (tertiary/aromatic N) is 7. The average Bonchev–Trinajstić information content (AvgIpc) is 3.89. The number of oxime groups is 1. The van der Waals surface area contributed by atoms with Crippen molar-refractivity contribution in [1.82, 2.24) is 24.8 Å². The third-order valence-electron chi connectivity index (χ3n) is 8.26. The minimum absolute atomic E-state index is 0.0793. The Morgan fingerprint density at radius 1 is 1.29 bits per heavy atom. The molecular weight excluding hydrogens is 755 g/mol. The van der Waals surface area contributed by atoms with E-state index < -0.39 is 35.0 Å². The smallest absolute Gasteiger partial charge is 0.276 e. The Hall–Kier alpha value is -5.37. The number of benzene rings is 1. The lowest BCUT2D eigenvalue weighted by molar-refractivity contribution is -0.663. The number of anilines is 1. The topological polar surface area (TPSA) is 210 Å². The quantitative estimate of drug-likeness (QED) is 0.0582. The number of nitrogens with one attached hydrogen (secondary N) is 1. The van der Waals surface area contributed by atoms with Crippen LogP contribution in [0, 0.1) is 5.82 Å². The average molecular weight is 781 g/mol. The first-order valence-electron chi connectivity index (χ1n) is 15.2.